The van der Waals surface area contributed by atoms with Crippen LogP contribution in [0.25, 0.3) is 0 Å². The Labute approximate surface area is 96.6 Å². The van der Waals surface area contributed by atoms with Crippen molar-refractivity contribution in [2.75, 3.05) is 0 Å². The van der Waals surface area contributed by atoms with Crippen molar-refractivity contribution in [2.24, 2.45) is 0 Å². The van der Waals surface area contributed by atoms with E-state index in [2.05, 4.69) is 38.5 Å². The molecule has 0 spiro atoms. The summed E-state index contributed by atoms with van der Waals surface area (Å²) in [4.78, 5) is 0. The van der Waals surface area contributed by atoms with E-state index in [1.54, 1.807) is 6.26 Å². The number of halogens is 1. The van der Waals surface area contributed by atoms with E-state index in [4.69, 9.17) is 4.52 Å². The van der Waals surface area contributed by atoms with Crippen LogP contribution in [0, 0.1) is 0 Å². The van der Waals surface area contributed by atoms with Crippen LogP contribution in [0.5, 0.6) is 0 Å². The van der Waals surface area contributed by atoms with E-state index in [9.17, 15) is 0 Å². The lowest BCUT2D eigenvalue weighted by Crippen LogP contribution is -2.12. The third-order valence-electron chi connectivity index (χ3n) is 2.02. The van der Waals surface area contributed by atoms with Crippen LogP contribution in [0.3, 0.4) is 0 Å². The van der Waals surface area contributed by atoms with Gasteiger partial charge in [0, 0.05) is 23.6 Å². The monoisotopic (exact) mass is 266 g/mol. The zero-order valence-corrected chi connectivity index (χ0v) is 9.70. The number of hydrogen-bond acceptors (Lipinski definition) is 3. The second-order valence-electron chi connectivity index (χ2n) is 3.22. The van der Waals surface area contributed by atoms with Crippen molar-refractivity contribution in [3.05, 3.63) is 52.3 Å². The van der Waals surface area contributed by atoms with Gasteiger partial charge in [-0.2, -0.15) is 0 Å². The molecule has 1 heterocycles. The van der Waals surface area contributed by atoms with Crippen LogP contribution in [-0.2, 0) is 13.1 Å². The molecule has 1 aromatic carbocycles. The number of rotatable bonds is 4. The summed E-state index contributed by atoms with van der Waals surface area (Å²) in [5.74, 6) is 0. The van der Waals surface area contributed by atoms with E-state index >= 15 is 0 Å². The Hall–Kier alpha value is -1.13. The topological polar surface area (TPSA) is 38.1 Å². The third kappa shape index (κ3) is 3.18. The average molecular weight is 267 g/mol. The predicted octanol–water partition coefficient (Wildman–Crippen LogP) is 2.73. The molecule has 0 atom stereocenters. The molecule has 0 amide bonds. The van der Waals surface area contributed by atoms with Gasteiger partial charge in [-0.05, 0) is 17.7 Å². The number of hydrogen-bond donors (Lipinski definition) is 1. The van der Waals surface area contributed by atoms with Crippen molar-refractivity contribution in [2.45, 2.75) is 13.1 Å². The van der Waals surface area contributed by atoms with Gasteiger partial charge >= 0.3 is 0 Å². The molecule has 0 unspecified atom stereocenters. The first-order valence-corrected chi connectivity index (χ1v) is 5.48. The molecule has 0 fully saturated rings. The Morgan fingerprint density at radius 2 is 2.20 bits per heavy atom. The van der Waals surface area contributed by atoms with Crippen LogP contribution in [0.15, 0.2) is 45.6 Å². The highest BCUT2D eigenvalue weighted by molar-refractivity contribution is 9.10. The zero-order chi connectivity index (χ0) is 10.5. The van der Waals surface area contributed by atoms with Crippen LogP contribution in [0.2, 0.25) is 0 Å². The minimum absolute atomic E-state index is 0.725. The van der Waals surface area contributed by atoms with Gasteiger partial charge in [0.15, 0.2) is 0 Å². The summed E-state index contributed by atoms with van der Waals surface area (Å²) < 4.78 is 5.84. The summed E-state index contributed by atoms with van der Waals surface area (Å²) >= 11 is 3.44. The molecule has 0 saturated carbocycles. The molecular formula is C11H11BrN2O. The van der Waals surface area contributed by atoms with Crippen LogP contribution in [0.4, 0.5) is 0 Å². The van der Waals surface area contributed by atoms with Gasteiger partial charge in [0.25, 0.3) is 0 Å². The van der Waals surface area contributed by atoms with Gasteiger partial charge in [0.1, 0.15) is 6.26 Å². The highest BCUT2D eigenvalue weighted by Crippen LogP contribution is 2.11. The molecule has 15 heavy (non-hydrogen) atoms. The van der Waals surface area contributed by atoms with Crippen molar-refractivity contribution >= 4 is 15.9 Å². The van der Waals surface area contributed by atoms with Crippen molar-refractivity contribution in [1.29, 1.82) is 0 Å². The molecule has 0 aliphatic carbocycles. The summed E-state index contributed by atoms with van der Waals surface area (Å²) in [6, 6.07) is 10.1. The second-order valence-corrected chi connectivity index (χ2v) is 4.14. The molecule has 0 aliphatic rings. The largest absolute Gasteiger partial charge is 0.364 e. The van der Waals surface area contributed by atoms with Gasteiger partial charge in [-0.25, -0.2) is 0 Å². The van der Waals surface area contributed by atoms with Crippen LogP contribution < -0.4 is 5.32 Å². The van der Waals surface area contributed by atoms with Crippen LogP contribution >= 0.6 is 15.9 Å². The average Bonchev–Trinajstić information content (AvgIpc) is 2.71. The molecular weight excluding hydrogens is 256 g/mol. The first-order valence-electron chi connectivity index (χ1n) is 4.69. The summed E-state index contributed by atoms with van der Waals surface area (Å²) in [5, 5.41) is 7.11. The summed E-state index contributed by atoms with van der Waals surface area (Å²) in [6.07, 6.45) is 1.58. The van der Waals surface area contributed by atoms with Crippen molar-refractivity contribution < 1.29 is 4.52 Å². The van der Waals surface area contributed by atoms with Gasteiger partial charge in [-0.1, -0.05) is 33.2 Å². The summed E-state index contributed by atoms with van der Waals surface area (Å²) in [5.41, 5.74) is 2.16. The Bertz CT molecular complexity index is 414. The summed E-state index contributed by atoms with van der Waals surface area (Å²) in [7, 11) is 0. The molecule has 4 heteroatoms. The first kappa shape index (κ1) is 10.4. The fraction of sp³-hybridized carbons (Fsp3) is 0.182. The molecule has 0 saturated heterocycles. The SMILES string of the molecule is Brc1cccc(CNCc2ccon2)c1. The fourth-order valence-electron chi connectivity index (χ4n) is 1.31. The number of aromatic nitrogens is 1. The number of nitrogens with one attached hydrogen (secondary N) is 1. The second kappa shape index (κ2) is 5.09. The van der Waals surface area contributed by atoms with E-state index in [1.807, 2.05) is 18.2 Å². The molecule has 78 valence electrons. The van der Waals surface area contributed by atoms with E-state index < -0.39 is 0 Å². The lowest BCUT2D eigenvalue weighted by molar-refractivity contribution is 0.408. The standard InChI is InChI=1S/C11H11BrN2O/c12-10-3-1-2-9(6-10)7-13-8-11-4-5-15-14-11/h1-6,13H,7-8H2. The lowest BCUT2D eigenvalue weighted by Gasteiger charge is -2.02. The first-order chi connectivity index (χ1) is 7.34. The van der Waals surface area contributed by atoms with Crippen molar-refractivity contribution in [1.82, 2.24) is 10.5 Å². The van der Waals surface area contributed by atoms with Crippen LogP contribution in [-0.4, -0.2) is 5.16 Å². The van der Waals surface area contributed by atoms with Gasteiger partial charge in [0.2, 0.25) is 0 Å². The number of benzene rings is 1. The van der Waals surface area contributed by atoms with E-state index in [0.717, 1.165) is 23.3 Å². The Balaban J connectivity index is 1.83. The van der Waals surface area contributed by atoms with Crippen LogP contribution in [0.1, 0.15) is 11.3 Å². The molecule has 0 bridgehead atoms. The number of nitrogens with zero attached hydrogens (tertiary/aromatic N) is 1. The van der Waals surface area contributed by atoms with E-state index in [1.165, 1.54) is 5.56 Å². The zero-order valence-electron chi connectivity index (χ0n) is 8.11. The molecule has 0 aliphatic heterocycles. The maximum atomic E-state index is 4.74. The highest BCUT2D eigenvalue weighted by atomic mass is 79.9. The van der Waals surface area contributed by atoms with Crippen molar-refractivity contribution in [3.8, 4) is 0 Å². The fourth-order valence-corrected chi connectivity index (χ4v) is 1.76. The van der Waals surface area contributed by atoms with Crippen molar-refractivity contribution in [3.63, 3.8) is 0 Å². The van der Waals surface area contributed by atoms with Gasteiger partial charge < -0.3 is 9.84 Å². The predicted molar refractivity (Wildman–Crippen MR) is 61.2 cm³/mol. The van der Waals surface area contributed by atoms with Gasteiger partial charge in [-0.3, -0.25) is 0 Å². The van der Waals surface area contributed by atoms with E-state index in [-0.39, 0.29) is 0 Å². The Morgan fingerprint density at radius 1 is 1.27 bits per heavy atom. The maximum Gasteiger partial charge on any atom is 0.124 e. The third-order valence-corrected chi connectivity index (χ3v) is 2.51. The Morgan fingerprint density at radius 3 is 2.93 bits per heavy atom. The molecule has 0 radical (unpaired) electrons. The molecule has 1 aromatic heterocycles. The minimum atomic E-state index is 0.725. The normalized spacial score (nSPS) is 10.5. The maximum absolute atomic E-state index is 4.74. The molecule has 1 N–H and O–H groups in total. The van der Waals surface area contributed by atoms with Gasteiger partial charge in [-0.15, -0.1) is 0 Å². The quantitative estimate of drug-likeness (QED) is 0.925. The smallest absolute Gasteiger partial charge is 0.124 e. The highest BCUT2D eigenvalue weighted by Gasteiger charge is 1.96. The van der Waals surface area contributed by atoms with Gasteiger partial charge in [0.05, 0.1) is 5.69 Å². The Kier molecular flexibility index (Phi) is 3.53. The lowest BCUT2D eigenvalue weighted by atomic mass is 10.2. The molecule has 3 nitrogen and oxygen atoms in total. The minimum Gasteiger partial charge on any atom is -0.364 e. The van der Waals surface area contributed by atoms with E-state index in [0.29, 0.717) is 0 Å². The molecule has 2 aromatic rings. The summed E-state index contributed by atoms with van der Waals surface area (Å²) in [6.45, 7) is 1.55. The molecule has 2 rings (SSSR count).